The number of fused-ring (bicyclic) bond motifs is 1. The molecule has 30 heavy (non-hydrogen) atoms. The van der Waals surface area contributed by atoms with Crippen LogP contribution in [0.4, 0.5) is 5.69 Å². The molecule has 0 radical (unpaired) electrons. The van der Waals surface area contributed by atoms with Crippen LogP contribution in [-0.4, -0.2) is 14.5 Å². The maximum Gasteiger partial charge on any atom is 0.269 e. The Morgan fingerprint density at radius 2 is 1.77 bits per heavy atom. The average Bonchev–Trinajstić information content (AvgIpc) is 2.74. The van der Waals surface area contributed by atoms with E-state index in [2.05, 4.69) is 15.9 Å². The number of para-hydroxylation sites is 1. The summed E-state index contributed by atoms with van der Waals surface area (Å²) in [5.41, 5.74) is 2.91. The number of hydrogen-bond acceptors (Lipinski definition) is 4. The van der Waals surface area contributed by atoms with Gasteiger partial charge in [0.15, 0.2) is 0 Å². The Morgan fingerprint density at radius 3 is 2.47 bits per heavy atom. The Bertz CT molecular complexity index is 1360. The van der Waals surface area contributed by atoms with Gasteiger partial charge >= 0.3 is 0 Å². The van der Waals surface area contributed by atoms with E-state index in [0.717, 1.165) is 21.3 Å². The van der Waals surface area contributed by atoms with E-state index in [1.807, 2.05) is 37.3 Å². The van der Waals surface area contributed by atoms with E-state index in [9.17, 15) is 14.9 Å². The van der Waals surface area contributed by atoms with Crippen LogP contribution in [0, 0.1) is 17.0 Å². The molecule has 1 aromatic heterocycles. The minimum atomic E-state index is -0.438. The SMILES string of the molecule is Cc1ccccc1-n1c(/C=C/c2ccc([N+](=O)[O-])cc2)nc2ccc(Br)cc2c1=O. The summed E-state index contributed by atoms with van der Waals surface area (Å²) in [7, 11) is 0. The standard InChI is InChI=1S/C23H16BrN3O3/c1-15-4-2-3-5-21(15)26-22(13-8-16-6-10-18(11-7-16)27(29)30)25-20-12-9-17(24)14-19(20)23(26)28/h2-14H,1H3/b13-8+. The normalized spacial score (nSPS) is 11.3. The minimum Gasteiger partial charge on any atom is -0.268 e. The summed E-state index contributed by atoms with van der Waals surface area (Å²) in [6.45, 7) is 1.94. The zero-order valence-corrected chi connectivity index (χ0v) is 17.5. The number of hydrogen-bond donors (Lipinski definition) is 0. The highest BCUT2D eigenvalue weighted by molar-refractivity contribution is 9.10. The van der Waals surface area contributed by atoms with Gasteiger partial charge < -0.3 is 0 Å². The molecule has 0 N–H and O–H groups in total. The van der Waals surface area contributed by atoms with Crippen LogP contribution < -0.4 is 5.56 Å². The quantitative estimate of drug-likeness (QED) is 0.295. The number of aryl methyl sites for hydroxylation is 1. The number of nitro groups is 1. The third-order valence-corrected chi connectivity index (χ3v) is 5.23. The smallest absolute Gasteiger partial charge is 0.268 e. The summed E-state index contributed by atoms with van der Waals surface area (Å²) in [6.07, 6.45) is 3.53. The number of non-ortho nitro benzene ring substituents is 1. The Morgan fingerprint density at radius 1 is 1.03 bits per heavy atom. The van der Waals surface area contributed by atoms with Gasteiger partial charge in [0.2, 0.25) is 0 Å². The van der Waals surface area contributed by atoms with E-state index < -0.39 is 4.92 Å². The number of aromatic nitrogens is 2. The molecular formula is C23H16BrN3O3. The van der Waals surface area contributed by atoms with Crippen molar-refractivity contribution in [3.05, 3.63) is 109 Å². The first-order valence-electron chi connectivity index (χ1n) is 9.15. The average molecular weight is 462 g/mol. The topological polar surface area (TPSA) is 78.0 Å². The Labute approximate surface area is 180 Å². The second-order valence-corrected chi connectivity index (χ2v) is 7.66. The molecule has 0 spiro atoms. The van der Waals surface area contributed by atoms with E-state index in [-0.39, 0.29) is 11.2 Å². The number of benzene rings is 3. The van der Waals surface area contributed by atoms with Crippen molar-refractivity contribution in [1.29, 1.82) is 0 Å². The van der Waals surface area contributed by atoms with Gasteiger partial charge in [0.25, 0.3) is 11.2 Å². The first-order chi connectivity index (χ1) is 14.4. The molecule has 0 saturated carbocycles. The second kappa shape index (κ2) is 8.04. The predicted molar refractivity (Wildman–Crippen MR) is 122 cm³/mol. The molecule has 0 saturated heterocycles. The van der Waals surface area contributed by atoms with E-state index >= 15 is 0 Å². The van der Waals surface area contributed by atoms with Gasteiger partial charge in [-0.3, -0.25) is 19.5 Å². The van der Waals surface area contributed by atoms with Crippen molar-refractivity contribution in [2.24, 2.45) is 0 Å². The summed E-state index contributed by atoms with van der Waals surface area (Å²) in [5, 5.41) is 11.4. The Kier molecular flexibility index (Phi) is 5.29. The maximum atomic E-state index is 13.4. The van der Waals surface area contributed by atoms with Crippen molar-refractivity contribution in [3.8, 4) is 5.69 Å². The molecule has 3 aromatic carbocycles. The van der Waals surface area contributed by atoms with Gasteiger partial charge in [0.05, 0.1) is 21.5 Å². The lowest BCUT2D eigenvalue weighted by atomic mass is 10.1. The predicted octanol–water partition coefficient (Wildman–Crippen LogP) is 5.54. The Hall–Kier alpha value is -3.58. The van der Waals surface area contributed by atoms with Crippen molar-refractivity contribution < 1.29 is 4.92 Å². The van der Waals surface area contributed by atoms with Crippen molar-refractivity contribution >= 4 is 44.7 Å². The fourth-order valence-electron chi connectivity index (χ4n) is 3.21. The summed E-state index contributed by atoms with van der Waals surface area (Å²) < 4.78 is 2.39. The van der Waals surface area contributed by atoms with Crippen LogP contribution in [0.5, 0.6) is 0 Å². The minimum absolute atomic E-state index is 0.0263. The molecule has 148 valence electrons. The lowest BCUT2D eigenvalue weighted by molar-refractivity contribution is -0.384. The van der Waals surface area contributed by atoms with Crippen molar-refractivity contribution in [3.63, 3.8) is 0 Å². The van der Waals surface area contributed by atoms with Gasteiger partial charge in [-0.05, 0) is 60.5 Å². The second-order valence-electron chi connectivity index (χ2n) is 6.74. The van der Waals surface area contributed by atoms with Crippen molar-refractivity contribution in [1.82, 2.24) is 9.55 Å². The lowest BCUT2D eigenvalue weighted by Gasteiger charge is -2.13. The summed E-state index contributed by atoms with van der Waals surface area (Å²) >= 11 is 3.42. The zero-order valence-electron chi connectivity index (χ0n) is 15.9. The van der Waals surface area contributed by atoms with Crippen molar-refractivity contribution in [2.45, 2.75) is 6.92 Å². The zero-order chi connectivity index (χ0) is 21.3. The molecule has 1 heterocycles. The number of nitro benzene ring substituents is 1. The van der Waals surface area contributed by atoms with Crippen LogP contribution in [0.2, 0.25) is 0 Å². The third-order valence-electron chi connectivity index (χ3n) is 4.74. The van der Waals surface area contributed by atoms with E-state index in [1.54, 1.807) is 41.0 Å². The summed E-state index contributed by atoms with van der Waals surface area (Å²) in [5.74, 6) is 0.475. The number of halogens is 1. The van der Waals surface area contributed by atoms with E-state index in [1.165, 1.54) is 12.1 Å². The number of rotatable bonds is 4. The summed E-state index contributed by atoms with van der Waals surface area (Å²) in [6, 6.07) is 19.2. The van der Waals surface area contributed by atoms with Gasteiger partial charge in [-0.15, -0.1) is 0 Å². The molecule has 0 bridgehead atoms. The molecule has 4 rings (SSSR count). The molecule has 0 aliphatic carbocycles. The van der Waals surface area contributed by atoms with Crippen LogP contribution in [0.1, 0.15) is 17.0 Å². The Balaban J connectivity index is 1.90. The van der Waals surface area contributed by atoms with Gasteiger partial charge in [0.1, 0.15) is 5.82 Å². The molecule has 0 unspecified atom stereocenters. The van der Waals surface area contributed by atoms with Crippen LogP contribution in [0.3, 0.4) is 0 Å². The first-order valence-corrected chi connectivity index (χ1v) is 9.94. The molecule has 0 atom stereocenters. The molecule has 0 amide bonds. The van der Waals surface area contributed by atoms with E-state index in [4.69, 9.17) is 4.98 Å². The fraction of sp³-hybridized carbons (Fsp3) is 0.0435. The van der Waals surface area contributed by atoms with Crippen LogP contribution >= 0.6 is 15.9 Å². The van der Waals surface area contributed by atoms with Gasteiger partial charge in [-0.1, -0.05) is 40.2 Å². The molecule has 0 fully saturated rings. The van der Waals surface area contributed by atoms with Crippen LogP contribution in [0.25, 0.3) is 28.7 Å². The van der Waals surface area contributed by atoms with Gasteiger partial charge in [-0.25, -0.2) is 4.98 Å². The largest absolute Gasteiger partial charge is 0.269 e. The fourth-order valence-corrected chi connectivity index (χ4v) is 3.57. The maximum absolute atomic E-state index is 13.4. The lowest BCUT2D eigenvalue weighted by Crippen LogP contribution is -2.23. The molecule has 0 aliphatic heterocycles. The molecule has 6 nitrogen and oxygen atoms in total. The molecule has 0 aliphatic rings. The number of nitrogens with zero attached hydrogens (tertiary/aromatic N) is 3. The van der Waals surface area contributed by atoms with Crippen LogP contribution in [0.15, 0.2) is 76.0 Å². The molecule has 7 heteroatoms. The first kappa shape index (κ1) is 19.7. The van der Waals surface area contributed by atoms with Crippen LogP contribution in [-0.2, 0) is 0 Å². The molecule has 4 aromatic rings. The highest BCUT2D eigenvalue weighted by Gasteiger charge is 2.13. The molecular weight excluding hydrogens is 446 g/mol. The van der Waals surface area contributed by atoms with E-state index in [0.29, 0.717) is 16.7 Å². The van der Waals surface area contributed by atoms with Gasteiger partial charge in [0, 0.05) is 16.6 Å². The monoisotopic (exact) mass is 461 g/mol. The summed E-state index contributed by atoms with van der Waals surface area (Å²) in [4.78, 5) is 28.5. The van der Waals surface area contributed by atoms with Crippen molar-refractivity contribution in [2.75, 3.05) is 0 Å². The van der Waals surface area contributed by atoms with Gasteiger partial charge in [-0.2, -0.15) is 0 Å². The highest BCUT2D eigenvalue weighted by Crippen LogP contribution is 2.21. The third kappa shape index (κ3) is 3.79. The highest BCUT2D eigenvalue weighted by atomic mass is 79.9.